The monoisotopic (exact) mass is 261 g/mol. The van der Waals surface area contributed by atoms with Gasteiger partial charge in [-0.2, -0.15) is 0 Å². The van der Waals surface area contributed by atoms with Gasteiger partial charge in [-0.25, -0.2) is 15.0 Å². The van der Waals surface area contributed by atoms with Crippen molar-refractivity contribution >= 4 is 11.2 Å². The molecule has 5 nitrogen and oxygen atoms in total. The molecule has 104 valence electrons. The van der Waals surface area contributed by atoms with E-state index in [1.54, 1.807) is 6.20 Å². The molecular formula is C14H23N5. The highest BCUT2D eigenvalue weighted by Crippen LogP contribution is 2.06. The highest BCUT2D eigenvalue weighted by atomic mass is 15.0. The fraction of sp³-hybridized carbons (Fsp3) is 0.643. The van der Waals surface area contributed by atoms with Gasteiger partial charge in [0.2, 0.25) is 0 Å². The molecule has 5 heteroatoms. The normalized spacial score (nSPS) is 11.2. The third kappa shape index (κ3) is 4.59. The summed E-state index contributed by atoms with van der Waals surface area (Å²) in [6.45, 7) is 4.07. The van der Waals surface area contributed by atoms with E-state index in [0.29, 0.717) is 0 Å². The number of H-pyrrole nitrogens is 1. The smallest absolute Gasteiger partial charge is 0.180 e. The topological polar surface area (TPSA) is 66.5 Å². The van der Waals surface area contributed by atoms with E-state index in [1.807, 2.05) is 0 Å². The second kappa shape index (κ2) is 7.84. The molecule has 0 fully saturated rings. The van der Waals surface area contributed by atoms with Gasteiger partial charge in [0.25, 0.3) is 0 Å². The van der Waals surface area contributed by atoms with E-state index in [0.717, 1.165) is 30.1 Å². The summed E-state index contributed by atoms with van der Waals surface area (Å²) in [5, 5.41) is 3.41. The summed E-state index contributed by atoms with van der Waals surface area (Å²) in [6, 6.07) is 0. The molecule has 0 aromatic carbocycles. The lowest BCUT2D eigenvalue weighted by Gasteiger charge is -2.02. The Balaban J connectivity index is 1.60. The molecule has 0 atom stereocenters. The number of aromatic nitrogens is 4. The molecule has 0 aliphatic rings. The highest BCUT2D eigenvalue weighted by Gasteiger charge is 2.02. The summed E-state index contributed by atoms with van der Waals surface area (Å²) in [4.78, 5) is 15.7. The van der Waals surface area contributed by atoms with Gasteiger partial charge < -0.3 is 10.3 Å². The second-order valence-corrected chi connectivity index (χ2v) is 4.89. The van der Waals surface area contributed by atoms with Crippen molar-refractivity contribution in [2.24, 2.45) is 0 Å². The van der Waals surface area contributed by atoms with E-state index in [4.69, 9.17) is 0 Å². The van der Waals surface area contributed by atoms with Crippen molar-refractivity contribution in [1.82, 2.24) is 25.3 Å². The number of hydrogen-bond acceptors (Lipinski definition) is 4. The first kappa shape index (κ1) is 13.9. The van der Waals surface area contributed by atoms with E-state index in [2.05, 4.69) is 32.2 Å². The Hall–Kier alpha value is -1.49. The molecule has 0 aliphatic carbocycles. The van der Waals surface area contributed by atoms with E-state index in [1.165, 1.54) is 44.9 Å². The largest absolute Gasteiger partial charge is 0.338 e. The minimum absolute atomic E-state index is 0.742. The number of nitrogens with zero attached hydrogens (tertiary/aromatic N) is 3. The van der Waals surface area contributed by atoms with E-state index < -0.39 is 0 Å². The molecule has 0 spiro atoms. The molecule has 2 heterocycles. The van der Waals surface area contributed by atoms with Crippen molar-refractivity contribution in [1.29, 1.82) is 0 Å². The Bertz CT molecular complexity index is 446. The van der Waals surface area contributed by atoms with Crippen LogP contribution >= 0.6 is 0 Å². The minimum Gasteiger partial charge on any atom is -0.338 e. The number of aromatic amines is 1. The number of rotatable bonds is 9. The SMILES string of the molecule is CCCCCCCCNCc1nc2ncncc2[nH]1. The van der Waals surface area contributed by atoms with Gasteiger partial charge in [0.15, 0.2) is 5.65 Å². The van der Waals surface area contributed by atoms with Crippen molar-refractivity contribution in [2.45, 2.75) is 52.0 Å². The number of imidazole rings is 1. The summed E-state index contributed by atoms with van der Waals surface area (Å²) < 4.78 is 0. The first-order chi connectivity index (χ1) is 9.40. The summed E-state index contributed by atoms with van der Waals surface area (Å²) in [6.07, 6.45) is 11.3. The Morgan fingerprint density at radius 1 is 1.16 bits per heavy atom. The Morgan fingerprint density at radius 2 is 2.00 bits per heavy atom. The zero-order valence-electron chi connectivity index (χ0n) is 11.7. The first-order valence-corrected chi connectivity index (χ1v) is 7.25. The lowest BCUT2D eigenvalue weighted by atomic mass is 10.1. The number of nitrogens with one attached hydrogen (secondary N) is 2. The predicted molar refractivity (Wildman–Crippen MR) is 76.8 cm³/mol. The second-order valence-electron chi connectivity index (χ2n) is 4.89. The average molecular weight is 261 g/mol. The van der Waals surface area contributed by atoms with Crippen LogP contribution in [0.5, 0.6) is 0 Å². The molecule has 19 heavy (non-hydrogen) atoms. The van der Waals surface area contributed by atoms with Crippen molar-refractivity contribution < 1.29 is 0 Å². The lowest BCUT2D eigenvalue weighted by molar-refractivity contribution is 0.567. The quantitative estimate of drug-likeness (QED) is 0.681. The maximum absolute atomic E-state index is 4.40. The fourth-order valence-corrected chi connectivity index (χ4v) is 2.13. The van der Waals surface area contributed by atoms with Crippen molar-refractivity contribution in [3.8, 4) is 0 Å². The molecule has 2 aromatic heterocycles. The van der Waals surface area contributed by atoms with Gasteiger partial charge in [-0.05, 0) is 13.0 Å². The summed E-state index contributed by atoms with van der Waals surface area (Å²) in [7, 11) is 0. The lowest BCUT2D eigenvalue weighted by Crippen LogP contribution is -2.15. The third-order valence-corrected chi connectivity index (χ3v) is 3.21. The Kier molecular flexibility index (Phi) is 5.75. The molecule has 0 unspecified atom stereocenters. The van der Waals surface area contributed by atoms with E-state index >= 15 is 0 Å². The zero-order chi connectivity index (χ0) is 13.3. The van der Waals surface area contributed by atoms with Crippen molar-refractivity contribution in [3.63, 3.8) is 0 Å². The van der Waals surface area contributed by atoms with Crippen LogP contribution in [0.25, 0.3) is 11.2 Å². The van der Waals surface area contributed by atoms with Gasteiger partial charge in [0, 0.05) is 0 Å². The average Bonchev–Trinajstić information content (AvgIpc) is 2.84. The van der Waals surface area contributed by atoms with Gasteiger partial charge in [-0.15, -0.1) is 0 Å². The van der Waals surface area contributed by atoms with Crippen LogP contribution in [0.1, 0.15) is 51.3 Å². The van der Waals surface area contributed by atoms with Gasteiger partial charge >= 0.3 is 0 Å². The molecule has 0 bridgehead atoms. The van der Waals surface area contributed by atoms with Crippen LogP contribution in [0, 0.1) is 0 Å². The molecule has 2 rings (SSSR count). The number of fused-ring (bicyclic) bond motifs is 1. The summed E-state index contributed by atoms with van der Waals surface area (Å²) >= 11 is 0. The number of hydrogen-bond donors (Lipinski definition) is 2. The Labute approximate surface area is 114 Å². The van der Waals surface area contributed by atoms with E-state index in [9.17, 15) is 0 Å². The van der Waals surface area contributed by atoms with Gasteiger partial charge in [0.05, 0.1) is 12.7 Å². The molecule has 0 radical (unpaired) electrons. The summed E-state index contributed by atoms with van der Waals surface area (Å²) in [5.74, 6) is 0.932. The molecule has 0 saturated carbocycles. The maximum Gasteiger partial charge on any atom is 0.180 e. The zero-order valence-corrected chi connectivity index (χ0v) is 11.7. The first-order valence-electron chi connectivity index (χ1n) is 7.25. The molecule has 0 aliphatic heterocycles. The predicted octanol–water partition coefficient (Wildman–Crippen LogP) is 2.80. The van der Waals surface area contributed by atoms with E-state index in [-0.39, 0.29) is 0 Å². The van der Waals surface area contributed by atoms with Crippen molar-refractivity contribution in [3.05, 3.63) is 18.3 Å². The maximum atomic E-state index is 4.40. The van der Waals surface area contributed by atoms with Crippen LogP contribution in [-0.2, 0) is 6.54 Å². The van der Waals surface area contributed by atoms with Crippen LogP contribution in [0.2, 0.25) is 0 Å². The fourth-order valence-electron chi connectivity index (χ4n) is 2.13. The van der Waals surface area contributed by atoms with Gasteiger partial charge in [0.1, 0.15) is 17.7 Å². The standard InChI is InChI=1S/C14H23N5/c1-2-3-4-5-6-7-8-15-10-13-18-12-9-16-11-17-14(12)19-13/h9,11,15H,2-8,10H2,1H3,(H,16,17,18,19). The van der Waals surface area contributed by atoms with Crippen molar-refractivity contribution in [2.75, 3.05) is 6.54 Å². The molecule has 2 N–H and O–H groups in total. The highest BCUT2D eigenvalue weighted by molar-refractivity contribution is 5.68. The van der Waals surface area contributed by atoms with Crippen LogP contribution in [0.4, 0.5) is 0 Å². The van der Waals surface area contributed by atoms with Crippen LogP contribution in [0.3, 0.4) is 0 Å². The van der Waals surface area contributed by atoms with Crippen LogP contribution in [0.15, 0.2) is 12.5 Å². The van der Waals surface area contributed by atoms with Gasteiger partial charge in [-0.3, -0.25) is 0 Å². The number of unbranched alkanes of at least 4 members (excludes halogenated alkanes) is 5. The molecule has 2 aromatic rings. The Morgan fingerprint density at radius 3 is 2.84 bits per heavy atom. The minimum atomic E-state index is 0.742. The molecular weight excluding hydrogens is 238 g/mol. The molecule has 0 saturated heterocycles. The van der Waals surface area contributed by atoms with Gasteiger partial charge in [-0.1, -0.05) is 39.0 Å². The van der Waals surface area contributed by atoms with Crippen LogP contribution in [-0.4, -0.2) is 26.5 Å². The molecule has 0 amide bonds. The van der Waals surface area contributed by atoms with Crippen LogP contribution < -0.4 is 5.32 Å². The third-order valence-electron chi connectivity index (χ3n) is 3.21. The summed E-state index contributed by atoms with van der Waals surface area (Å²) in [5.41, 5.74) is 1.64.